The quantitative estimate of drug-likeness (QED) is 0.797. The minimum absolute atomic E-state index is 0.0822. The fourth-order valence-corrected chi connectivity index (χ4v) is 2.27. The minimum atomic E-state index is -0.0822. The Bertz CT molecular complexity index is 622. The maximum Gasteiger partial charge on any atom is 0.262 e. The summed E-state index contributed by atoms with van der Waals surface area (Å²) in [6.45, 7) is 4.10. The second kappa shape index (κ2) is 4.78. The fraction of sp³-hybridized carbons (Fsp3) is 0.333. The van der Waals surface area contributed by atoms with Crippen LogP contribution in [-0.2, 0) is 6.42 Å². The Labute approximate surface area is 113 Å². The molecule has 2 heterocycles. The normalized spacial score (nSPS) is 11.4. The van der Waals surface area contributed by atoms with Crippen LogP contribution in [0.4, 0.5) is 0 Å². The third kappa shape index (κ3) is 2.53. The molecule has 17 heavy (non-hydrogen) atoms. The Morgan fingerprint density at radius 2 is 2.24 bits per heavy atom. The van der Waals surface area contributed by atoms with Crippen molar-refractivity contribution in [2.24, 2.45) is 5.92 Å². The van der Waals surface area contributed by atoms with Crippen LogP contribution in [0, 0.1) is 5.92 Å². The average Bonchev–Trinajstić information content (AvgIpc) is 2.23. The van der Waals surface area contributed by atoms with Gasteiger partial charge in [-0.15, -0.1) is 0 Å². The Balaban J connectivity index is 2.72. The van der Waals surface area contributed by atoms with Gasteiger partial charge in [0.2, 0.25) is 0 Å². The number of hydrogen-bond acceptors (Lipinski definition) is 2. The highest BCUT2D eigenvalue weighted by molar-refractivity contribution is 9.10. The SMILES string of the molecule is CC(C)Cc1c(Cl)nc2cc(Br)ccn2c1=O. The van der Waals surface area contributed by atoms with E-state index in [4.69, 9.17) is 11.6 Å². The van der Waals surface area contributed by atoms with Crippen LogP contribution in [0.3, 0.4) is 0 Å². The molecular formula is C12H12BrClN2O. The highest BCUT2D eigenvalue weighted by Gasteiger charge is 2.12. The third-order valence-electron chi connectivity index (χ3n) is 2.45. The van der Waals surface area contributed by atoms with E-state index in [1.807, 2.05) is 19.9 Å². The molecule has 0 N–H and O–H groups in total. The molecule has 0 aromatic carbocycles. The first kappa shape index (κ1) is 12.6. The van der Waals surface area contributed by atoms with Crippen LogP contribution in [0.2, 0.25) is 5.15 Å². The largest absolute Gasteiger partial charge is 0.269 e. The standard InChI is InChI=1S/C12H12BrClN2O/c1-7(2)5-9-11(14)15-10-6-8(13)3-4-16(10)12(9)17/h3-4,6-7H,5H2,1-2H3. The van der Waals surface area contributed by atoms with E-state index in [1.54, 1.807) is 12.3 Å². The second-order valence-corrected chi connectivity index (χ2v) is 5.63. The molecule has 0 radical (unpaired) electrons. The average molecular weight is 316 g/mol. The first-order valence-corrected chi connectivity index (χ1v) is 6.52. The van der Waals surface area contributed by atoms with Crippen molar-refractivity contribution in [1.82, 2.24) is 9.38 Å². The second-order valence-electron chi connectivity index (χ2n) is 4.36. The van der Waals surface area contributed by atoms with Gasteiger partial charge in [-0.25, -0.2) is 4.98 Å². The number of rotatable bonds is 2. The molecule has 3 nitrogen and oxygen atoms in total. The van der Waals surface area contributed by atoms with Crippen LogP contribution in [0.5, 0.6) is 0 Å². The molecule has 0 unspecified atom stereocenters. The van der Waals surface area contributed by atoms with E-state index in [1.165, 1.54) is 4.40 Å². The van der Waals surface area contributed by atoms with Crippen LogP contribution in [0.15, 0.2) is 27.6 Å². The molecule has 0 amide bonds. The lowest BCUT2D eigenvalue weighted by Gasteiger charge is -2.08. The Hall–Kier alpha value is -0.870. The van der Waals surface area contributed by atoms with Gasteiger partial charge in [0.15, 0.2) is 0 Å². The van der Waals surface area contributed by atoms with Gasteiger partial charge in [0.1, 0.15) is 10.8 Å². The highest BCUT2D eigenvalue weighted by atomic mass is 79.9. The van der Waals surface area contributed by atoms with Gasteiger partial charge < -0.3 is 0 Å². The molecular weight excluding hydrogens is 304 g/mol. The Morgan fingerprint density at radius 3 is 2.88 bits per heavy atom. The van der Waals surface area contributed by atoms with Crippen LogP contribution in [0.25, 0.3) is 5.65 Å². The smallest absolute Gasteiger partial charge is 0.262 e. The molecule has 90 valence electrons. The van der Waals surface area contributed by atoms with Crippen molar-refractivity contribution in [1.29, 1.82) is 0 Å². The van der Waals surface area contributed by atoms with Crippen molar-refractivity contribution in [3.8, 4) is 0 Å². The molecule has 0 aliphatic rings. The van der Waals surface area contributed by atoms with Gasteiger partial charge in [0.25, 0.3) is 5.56 Å². The van der Waals surface area contributed by atoms with E-state index in [-0.39, 0.29) is 5.56 Å². The van der Waals surface area contributed by atoms with Crippen molar-refractivity contribution in [2.75, 3.05) is 0 Å². The van der Waals surface area contributed by atoms with Gasteiger partial charge in [0.05, 0.1) is 5.56 Å². The van der Waals surface area contributed by atoms with E-state index in [0.717, 1.165) is 4.47 Å². The lowest BCUT2D eigenvalue weighted by Crippen LogP contribution is -2.21. The summed E-state index contributed by atoms with van der Waals surface area (Å²) in [6.07, 6.45) is 2.35. The summed E-state index contributed by atoms with van der Waals surface area (Å²) < 4.78 is 2.39. The van der Waals surface area contributed by atoms with E-state index in [2.05, 4.69) is 20.9 Å². The van der Waals surface area contributed by atoms with Crippen molar-refractivity contribution >= 4 is 33.2 Å². The first-order valence-electron chi connectivity index (χ1n) is 5.35. The summed E-state index contributed by atoms with van der Waals surface area (Å²) in [4.78, 5) is 16.5. The van der Waals surface area contributed by atoms with Gasteiger partial charge in [-0.3, -0.25) is 9.20 Å². The summed E-state index contributed by atoms with van der Waals surface area (Å²) in [5, 5.41) is 0.307. The third-order valence-corrected chi connectivity index (χ3v) is 3.25. The number of halogens is 2. The number of pyridine rings is 1. The van der Waals surface area contributed by atoms with Crippen LogP contribution >= 0.6 is 27.5 Å². The van der Waals surface area contributed by atoms with E-state index >= 15 is 0 Å². The summed E-state index contributed by atoms with van der Waals surface area (Å²) >= 11 is 9.41. The molecule has 0 fully saturated rings. The van der Waals surface area contributed by atoms with Crippen molar-refractivity contribution < 1.29 is 0 Å². The number of fused-ring (bicyclic) bond motifs is 1. The summed E-state index contributed by atoms with van der Waals surface area (Å²) in [5.41, 5.74) is 1.06. The van der Waals surface area contributed by atoms with Crippen molar-refractivity contribution in [3.05, 3.63) is 43.9 Å². The maximum absolute atomic E-state index is 12.2. The monoisotopic (exact) mass is 314 g/mol. The zero-order valence-electron chi connectivity index (χ0n) is 9.58. The van der Waals surface area contributed by atoms with Crippen LogP contribution < -0.4 is 5.56 Å². The number of aromatic nitrogens is 2. The fourth-order valence-electron chi connectivity index (χ4n) is 1.70. The maximum atomic E-state index is 12.2. The van der Waals surface area contributed by atoms with Crippen LogP contribution in [-0.4, -0.2) is 9.38 Å². The molecule has 0 bridgehead atoms. The van der Waals surface area contributed by atoms with Gasteiger partial charge in [-0.05, 0) is 24.5 Å². The molecule has 0 aliphatic carbocycles. The Morgan fingerprint density at radius 1 is 1.53 bits per heavy atom. The topological polar surface area (TPSA) is 34.4 Å². The number of nitrogens with zero attached hydrogens (tertiary/aromatic N) is 2. The predicted molar refractivity (Wildman–Crippen MR) is 72.7 cm³/mol. The summed E-state index contributed by atoms with van der Waals surface area (Å²) in [5.74, 6) is 0.371. The zero-order chi connectivity index (χ0) is 12.6. The molecule has 0 saturated heterocycles. The predicted octanol–water partition coefficient (Wildman–Crippen LogP) is 3.31. The Kier molecular flexibility index (Phi) is 3.54. The zero-order valence-corrected chi connectivity index (χ0v) is 11.9. The van der Waals surface area contributed by atoms with Gasteiger partial charge >= 0.3 is 0 Å². The molecule has 0 spiro atoms. The van der Waals surface area contributed by atoms with E-state index < -0.39 is 0 Å². The molecule has 2 aromatic rings. The molecule has 0 saturated carbocycles. The van der Waals surface area contributed by atoms with Gasteiger partial charge in [-0.1, -0.05) is 41.4 Å². The van der Waals surface area contributed by atoms with Crippen molar-refractivity contribution in [3.63, 3.8) is 0 Å². The molecule has 0 aliphatic heterocycles. The van der Waals surface area contributed by atoms with Gasteiger partial charge in [0, 0.05) is 10.7 Å². The first-order chi connectivity index (χ1) is 7.99. The van der Waals surface area contributed by atoms with E-state index in [0.29, 0.717) is 28.7 Å². The molecule has 2 aromatic heterocycles. The summed E-state index contributed by atoms with van der Waals surface area (Å²) in [7, 11) is 0. The molecule has 2 rings (SSSR count). The number of hydrogen-bond donors (Lipinski definition) is 0. The van der Waals surface area contributed by atoms with Crippen molar-refractivity contribution in [2.45, 2.75) is 20.3 Å². The molecule has 5 heteroatoms. The van der Waals surface area contributed by atoms with Crippen LogP contribution in [0.1, 0.15) is 19.4 Å². The van der Waals surface area contributed by atoms with E-state index in [9.17, 15) is 4.79 Å². The lowest BCUT2D eigenvalue weighted by atomic mass is 10.1. The molecule has 0 atom stereocenters. The van der Waals surface area contributed by atoms with Gasteiger partial charge in [-0.2, -0.15) is 0 Å². The lowest BCUT2D eigenvalue weighted by molar-refractivity contribution is 0.639. The minimum Gasteiger partial charge on any atom is -0.269 e. The summed E-state index contributed by atoms with van der Waals surface area (Å²) in [6, 6.07) is 3.58. The highest BCUT2D eigenvalue weighted by Crippen LogP contribution is 2.16.